The van der Waals surface area contributed by atoms with Gasteiger partial charge in [0.2, 0.25) is 0 Å². The third kappa shape index (κ3) is 7.69. The van der Waals surface area contributed by atoms with Crippen LogP contribution in [0.15, 0.2) is 41.2 Å². The summed E-state index contributed by atoms with van der Waals surface area (Å²) in [5.74, 6) is -1.40. The Kier molecular flexibility index (Phi) is 9.57. The van der Waals surface area contributed by atoms with Crippen LogP contribution in [0.2, 0.25) is 0 Å². The molecule has 0 aliphatic carbocycles. The fourth-order valence-corrected chi connectivity index (χ4v) is 6.63. The third-order valence-corrected chi connectivity index (χ3v) is 9.06. The number of halogens is 3. The van der Waals surface area contributed by atoms with Crippen molar-refractivity contribution in [3.8, 4) is 11.5 Å². The largest absolute Gasteiger partial charge is 0.506 e. The number of phenols is 1. The van der Waals surface area contributed by atoms with Crippen LogP contribution in [0.4, 0.5) is 18.0 Å². The molecule has 2 aliphatic heterocycles. The Hall–Kier alpha value is -3.86. The minimum atomic E-state index is -4.90. The van der Waals surface area contributed by atoms with Gasteiger partial charge in [-0.3, -0.25) is 14.5 Å². The molecule has 3 aromatic rings. The average molecular weight is 655 g/mol. The highest BCUT2D eigenvalue weighted by Crippen LogP contribution is 2.33. The number of carbonyl (C=O) groups is 2. The van der Waals surface area contributed by atoms with E-state index in [0.717, 1.165) is 21.1 Å². The fourth-order valence-electron chi connectivity index (χ4n) is 5.71. The summed E-state index contributed by atoms with van der Waals surface area (Å²) in [7, 11) is 0. The Morgan fingerprint density at radius 3 is 2.51 bits per heavy atom. The van der Waals surface area contributed by atoms with Crippen LogP contribution in [0.1, 0.15) is 30.1 Å². The first-order valence-electron chi connectivity index (χ1n) is 14.3. The number of aromatic amines is 1. The van der Waals surface area contributed by atoms with E-state index in [0.29, 0.717) is 60.7 Å². The van der Waals surface area contributed by atoms with Crippen molar-refractivity contribution in [3.05, 3.63) is 57.2 Å². The van der Waals surface area contributed by atoms with Crippen LogP contribution in [0, 0.1) is 0 Å². The summed E-state index contributed by atoms with van der Waals surface area (Å²) in [6.07, 6.45) is -6.38. The minimum Gasteiger partial charge on any atom is -0.506 e. The number of amides is 2. The molecule has 16 heteroatoms. The highest BCUT2D eigenvalue weighted by molar-refractivity contribution is 7.16. The molecule has 244 valence electrons. The lowest BCUT2D eigenvalue weighted by Crippen LogP contribution is -2.59. The third-order valence-electron chi connectivity index (χ3n) is 8.13. The summed E-state index contributed by atoms with van der Waals surface area (Å²) in [6, 6.07) is 9.64. The molecule has 0 bridgehead atoms. The number of piperidine rings is 1. The van der Waals surface area contributed by atoms with Gasteiger partial charge in [0, 0.05) is 38.3 Å². The SMILES string of the molecule is O=C(O)N(Cc1ccc(OCCN2CCC3(CC2)CN(C(=O)C(F)(F)F)CCO3)cc1)CC(O)c1ccc(O)c2[nH]c(=O)sc12. The number of carboxylic acid groups (broad SMARTS) is 1. The maximum atomic E-state index is 12.9. The van der Waals surface area contributed by atoms with Crippen LogP contribution in [0.3, 0.4) is 0 Å². The zero-order valence-corrected chi connectivity index (χ0v) is 24.9. The Morgan fingerprint density at radius 2 is 1.84 bits per heavy atom. The predicted molar refractivity (Wildman–Crippen MR) is 156 cm³/mol. The summed E-state index contributed by atoms with van der Waals surface area (Å²) < 4.78 is 50.7. The van der Waals surface area contributed by atoms with Gasteiger partial charge in [-0.2, -0.15) is 13.2 Å². The molecule has 3 heterocycles. The summed E-state index contributed by atoms with van der Waals surface area (Å²) in [5, 5.41) is 30.6. The van der Waals surface area contributed by atoms with E-state index in [1.165, 1.54) is 12.1 Å². The number of carbonyl (C=O) groups excluding carboxylic acids is 1. The number of alkyl halides is 3. The number of hydrogen-bond acceptors (Lipinski definition) is 9. The monoisotopic (exact) mass is 654 g/mol. The lowest BCUT2D eigenvalue weighted by Gasteiger charge is -2.47. The zero-order chi connectivity index (χ0) is 32.4. The van der Waals surface area contributed by atoms with Gasteiger partial charge in [0.1, 0.15) is 23.6 Å². The number of H-pyrrole nitrogens is 1. The number of thiazole rings is 1. The highest BCUT2D eigenvalue weighted by Gasteiger charge is 2.48. The quantitative estimate of drug-likeness (QED) is 0.272. The summed E-state index contributed by atoms with van der Waals surface area (Å²) >= 11 is 0.818. The van der Waals surface area contributed by atoms with Gasteiger partial charge in [0.25, 0.3) is 0 Å². The van der Waals surface area contributed by atoms with E-state index in [-0.39, 0.29) is 44.1 Å². The van der Waals surface area contributed by atoms with Gasteiger partial charge in [-0.25, -0.2) is 4.79 Å². The van der Waals surface area contributed by atoms with Gasteiger partial charge in [-0.1, -0.05) is 29.5 Å². The number of morpholine rings is 1. The van der Waals surface area contributed by atoms with Crippen LogP contribution in [0.25, 0.3) is 10.2 Å². The standard InChI is InChI=1S/C29H33F3N4O8S/c30-29(31,32)25(39)35-12-14-44-28(17-35)7-9-34(10-8-28)11-13-43-19-3-1-18(2-4-19)15-36(27(41)42)16-22(38)20-5-6-21(37)23-24(20)45-26(40)33-23/h1-6,22,37-38H,7-17H2,(H,33,40)(H,41,42). The first kappa shape index (κ1) is 32.5. The number of ether oxygens (including phenoxy) is 2. The molecule has 1 unspecified atom stereocenters. The molecular weight excluding hydrogens is 621 g/mol. The number of nitrogens with one attached hydrogen (secondary N) is 1. The van der Waals surface area contributed by atoms with Crippen molar-refractivity contribution >= 4 is 33.6 Å². The zero-order valence-electron chi connectivity index (χ0n) is 24.1. The number of fused-ring (bicyclic) bond motifs is 1. The van der Waals surface area contributed by atoms with E-state index in [9.17, 15) is 42.9 Å². The normalized spacial score (nSPS) is 17.8. The van der Waals surface area contributed by atoms with Crippen LogP contribution in [0.5, 0.6) is 11.5 Å². The number of benzene rings is 2. The van der Waals surface area contributed by atoms with Crippen molar-refractivity contribution in [2.45, 2.75) is 37.3 Å². The fraction of sp³-hybridized carbons (Fsp3) is 0.483. The van der Waals surface area contributed by atoms with Crippen LogP contribution in [-0.2, 0) is 16.1 Å². The molecule has 2 amide bonds. The highest BCUT2D eigenvalue weighted by atomic mass is 32.1. The molecule has 1 aromatic heterocycles. The van der Waals surface area contributed by atoms with E-state index in [4.69, 9.17) is 9.47 Å². The van der Waals surface area contributed by atoms with Gasteiger partial charge in [0.05, 0.1) is 36.1 Å². The Morgan fingerprint density at radius 1 is 1.13 bits per heavy atom. The van der Waals surface area contributed by atoms with Crippen molar-refractivity contribution in [1.29, 1.82) is 0 Å². The molecule has 1 atom stereocenters. The maximum Gasteiger partial charge on any atom is 0.471 e. The molecule has 45 heavy (non-hydrogen) atoms. The van der Waals surface area contributed by atoms with Gasteiger partial charge in [0.15, 0.2) is 0 Å². The lowest BCUT2D eigenvalue weighted by atomic mass is 9.89. The topological polar surface area (TPSA) is 156 Å². The van der Waals surface area contributed by atoms with Crippen LogP contribution in [-0.4, -0.2) is 111 Å². The smallest absolute Gasteiger partial charge is 0.471 e. The average Bonchev–Trinajstić information content (AvgIpc) is 3.40. The number of nitrogens with zero attached hydrogens (tertiary/aromatic N) is 3. The van der Waals surface area contributed by atoms with Gasteiger partial charge in [-0.05, 0) is 36.6 Å². The number of likely N-dealkylation sites (tertiary alicyclic amines) is 1. The van der Waals surface area contributed by atoms with Gasteiger partial charge < -0.3 is 39.6 Å². The Labute approximate surface area is 259 Å². The van der Waals surface area contributed by atoms with E-state index in [1.54, 1.807) is 24.3 Å². The lowest BCUT2D eigenvalue weighted by molar-refractivity contribution is -0.200. The number of rotatable bonds is 9. The molecule has 4 N–H and O–H groups in total. The number of aliphatic hydroxyl groups is 1. The second kappa shape index (κ2) is 13.2. The molecule has 0 radical (unpaired) electrons. The predicted octanol–water partition coefficient (Wildman–Crippen LogP) is 3.14. The Balaban J connectivity index is 1.09. The molecule has 0 saturated carbocycles. The van der Waals surface area contributed by atoms with Crippen molar-refractivity contribution in [3.63, 3.8) is 0 Å². The number of aliphatic hydroxyl groups excluding tert-OH is 1. The first-order valence-corrected chi connectivity index (χ1v) is 15.1. The number of hydrogen-bond donors (Lipinski definition) is 4. The number of aromatic hydroxyl groups is 1. The van der Waals surface area contributed by atoms with Crippen molar-refractivity contribution in [2.24, 2.45) is 0 Å². The molecule has 2 fully saturated rings. The molecule has 12 nitrogen and oxygen atoms in total. The van der Waals surface area contributed by atoms with Gasteiger partial charge in [-0.15, -0.1) is 0 Å². The van der Waals surface area contributed by atoms with E-state index >= 15 is 0 Å². The van der Waals surface area contributed by atoms with E-state index in [1.807, 2.05) is 0 Å². The molecule has 2 aromatic carbocycles. The summed E-state index contributed by atoms with van der Waals surface area (Å²) in [5.41, 5.74) is 0.405. The molecule has 5 rings (SSSR count). The first-order chi connectivity index (χ1) is 21.3. The molecule has 2 aliphatic rings. The minimum absolute atomic E-state index is 0.0130. The Bertz CT molecular complexity index is 1570. The van der Waals surface area contributed by atoms with Gasteiger partial charge >= 0.3 is 23.0 Å². The second-order valence-corrected chi connectivity index (χ2v) is 12.1. The maximum absolute atomic E-state index is 12.9. The van der Waals surface area contributed by atoms with Crippen molar-refractivity contribution < 1.29 is 47.6 Å². The van der Waals surface area contributed by atoms with Crippen molar-refractivity contribution in [1.82, 2.24) is 19.7 Å². The number of aromatic nitrogens is 1. The molecule has 1 spiro atoms. The summed E-state index contributed by atoms with van der Waals surface area (Å²) in [6.45, 7) is 1.76. The van der Waals surface area contributed by atoms with Crippen molar-refractivity contribution in [2.75, 3.05) is 52.5 Å². The molecule has 2 saturated heterocycles. The second-order valence-electron chi connectivity index (χ2n) is 11.2. The number of phenolic OH excluding ortho intramolecular Hbond substituents is 1. The molecular formula is C29H33F3N4O8S. The summed E-state index contributed by atoms with van der Waals surface area (Å²) in [4.78, 5) is 41.5. The van der Waals surface area contributed by atoms with Crippen LogP contribution < -0.4 is 9.61 Å². The van der Waals surface area contributed by atoms with E-state index in [2.05, 4.69) is 9.88 Å². The van der Waals surface area contributed by atoms with E-state index < -0.39 is 34.8 Å². The van der Waals surface area contributed by atoms with Crippen LogP contribution >= 0.6 is 11.3 Å².